The molecule has 0 spiro atoms. The second kappa shape index (κ2) is 12.5. The van der Waals surface area contributed by atoms with E-state index in [2.05, 4.69) is 16.0 Å². The Morgan fingerprint density at radius 2 is 1.17 bits per heavy atom. The lowest BCUT2D eigenvalue weighted by atomic mass is 10.1. The highest BCUT2D eigenvalue weighted by Gasteiger charge is 2.24. The minimum atomic E-state index is -1.12. The molecule has 0 aromatic heterocycles. The minimum Gasteiger partial charge on any atom is -0.467 e. The van der Waals surface area contributed by atoms with E-state index in [9.17, 15) is 19.2 Å². The number of ether oxygens (including phenoxy) is 1. The van der Waals surface area contributed by atoms with E-state index in [4.69, 9.17) is 4.74 Å². The first kappa shape index (κ1) is 24.9. The highest BCUT2D eigenvalue weighted by Crippen LogP contribution is 2.09. The molecule has 3 aromatic carbocycles. The summed E-state index contributed by atoms with van der Waals surface area (Å²) in [7, 11) is 1.20. The number of hydrogen-bond acceptors (Lipinski definition) is 5. The van der Waals surface area contributed by atoms with E-state index in [0.717, 1.165) is 0 Å². The predicted octanol–water partition coefficient (Wildman–Crippen LogP) is 3.05. The van der Waals surface area contributed by atoms with Crippen molar-refractivity contribution in [1.82, 2.24) is 16.0 Å². The summed E-state index contributed by atoms with van der Waals surface area (Å²) in [6.45, 7) is 0. The topological polar surface area (TPSA) is 114 Å². The third-order valence-electron chi connectivity index (χ3n) is 4.97. The van der Waals surface area contributed by atoms with Crippen LogP contribution < -0.4 is 16.0 Å². The summed E-state index contributed by atoms with van der Waals surface area (Å²) in [6, 6.07) is 24.3. The maximum atomic E-state index is 12.8. The molecule has 3 rings (SSSR count). The van der Waals surface area contributed by atoms with Gasteiger partial charge in [0, 0.05) is 35.0 Å². The second-order valence-electron chi connectivity index (χ2n) is 7.45. The maximum Gasteiger partial charge on any atom is 0.328 e. The molecule has 3 aromatic rings. The Morgan fingerprint density at radius 3 is 1.66 bits per heavy atom. The first-order valence-corrected chi connectivity index (χ1v) is 10.8. The lowest BCUT2D eigenvalue weighted by molar-refractivity contribution is -0.142. The maximum absolute atomic E-state index is 12.8. The molecule has 0 aliphatic heterocycles. The summed E-state index contributed by atoms with van der Waals surface area (Å²) in [5.41, 5.74) is 1.36. The van der Waals surface area contributed by atoms with Crippen molar-refractivity contribution < 1.29 is 23.9 Å². The smallest absolute Gasteiger partial charge is 0.328 e. The molecular weight excluding hydrogens is 446 g/mol. The van der Waals surface area contributed by atoms with Gasteiger partial charge in [-0.15, -0.1) is 0 Å². The summed E-state index contributed by atoms with van der Waals surface area (Å²) < 4.78 is 4.85. The van der Waals surface area contributed by atoms with Crippen LogP contribution in [0.15, 0.2) is 103 Å². The number of carbonyl (C=O) groups excluding carboxylic acids is 4. The van der Waals surface area contributed by atoms with E-state index in [1.54, 1.807) is 91.0 Å². The zero-order chi connectivity index (χ0) is 25.0. The number of amides is 3. The standard InChI is InChI=1S/C27H25N3O5/c1-35-27(34)23(30-26(33)21-15-9-4-10-16-21)17-22(29-25(32)20-13-7-3-8-14-20)18-28-24(31)19-11-5-2-6-12-19/h2-16,18,23H,17H2,1H3,(H,28,31)(H,29,32)(H,30,33)/b22-18-/t23-/m0/s1. The summed E-state index contributed by atoms with van der Waals surface area (Å²) in [5, 5.41) is 7.96. The Balaban J connectivity index is 1.83. The van der Waals surface area contributed by atoms with Crippen LogP contribution in [0.3, 0.4) is 0 Å². The number of rotatable bonds is 9. The van der Waals surface area contributed by atoms with Gasteiger partial charge in [0.2, 0.25) is 0 Å². The fraction of sp³-hybridized carbons (Fsp3) is 0.111. The van der Waals surface area contributed by atoms with E-state index >= 15 is 0 Å². The van der Waals surface area contributed by atoms with Crippen LogP contribution >= 0.6 is 0 Å². The first-order valence-electron chi connectivity index (χ1n) is 10.8. The van der Waals surface area contributed by atoms with Gasteiger partial charge in [-0.05, 0) is 36.4 Å². The summed E-state index contributed by atoms with van der Waals surface area (Å²) in [4.78, 5) is 50.4. The van der Waals surface area contributed by atoms with E-state index in [1.807, 2.05) is 0 Å². The van der Waals surface area contributed by atoms with Gasteiger partial charge in [0.05, 0.1) is 7.11 Å². The quantitative estimate of drug-likeness (QED) is 0.415. The third-order valence-corrected chi connectivity index (χ3v) is 4.97. The van der Waals surface area contributed by atoms with Gasteiger partial charge in [0.25, 0.3) is 17.7 Å². The fourth-order valence-corrected chi connectivity index (χ4v) is 3.17. The number of carbonyl (C=O) groups is 4. The zero-order valence-electron chi connectivity index (χ0n) is 19.1. The van der Waals surface area contributed by atoms with Crippen LogP contribution in [0.1, 0.15) is 37.5 Å². The normalized spacial score (nSPS) is 11.6. The molecule has 0 unspecified atom stereocenters. The largest absolute Gasteiger partial charge is 0.467 e. The zero-order valence-corrected chi connectivity index (χ0v) is 19.1. The molecule has 0 bridgehead atoms. The first-order chi connectivity index (χ1) is 17.0. The fourth-order valence-electron chi connectivity index (χ4n) is 3.17. The van der Waals surface area contributed by atoms with Gasteiger partial charge in [-0.3, -0.25) is 14.4 Å². The Kier molecular flexibility index (Phi) is 8.90. The van der Waals surface area contributed by atoms with Crippen LogP contribution in [0.25, 0.3) is 0 Å². The molecule has 0 heterocycles. The van der Waals surface area contributed by atoms with Gasteiger partial charge in [0.15, 0.2) is 0 Å². The van der Waals surface area contributed by atoms with Crippen molar-refractivity contribution in [1.29, 1.82) is 0 Å². The van der Waals surface area contributed by atoms with Crippen molar-refractivity contribution in [3.63, 3.8) is 0 Å². The number of nitrogens with one attached hydrogen (secondary N) is 3. The van der Waals surface area contributed by atoms with Crippen LogP contribution in [-0.4, -0.2) is 36.8 Å². The number of methoxy groups -OCH3 is 1. The Labute approximate surface area is 203 Å². The molecule has 35 heavy (non-hydrogen) atoms. The third kappa shape index (κ3) is 7.40. The molecule has 3 amide bonds. The van der Waals surface area contributed by atoms with Gasteiger partial charge in [0.1, 0.15) is 6.04 Å². The average molecular weight is 472 g/mol. The molecule has 0 aliphatic rings. The number of hydrogen-bond donors (Lipinski definition) is 3. The Morgan fingerprint density at radius 1 is 0.714 bits per heavy atom. The van der Waals surface area contributed by atoms with Crippen LogP contribution in [-0.2, 0) is 9.53 Å². The highest BCUT2D eigenvalue weighted by molar-refractivity contribution is 5.98. The van der Waals surface area contributed by atoms with E-state index in [1.165, 1.54) is 13.3 Å². The van der Waals surface area contributed by atoms with Crippen LogP contribution in [0.2, 0.25) is 0 Å². The number of benzene rings is 3. The van der Waals surface area contributed by atoms with Crippen LogP contribution in [0.4, 0.5) is 0 Å². The molecule has 8 nitrogen and oxygen atoms in total. The van der Waals surface area contributed by atoms with Crippen molar-refractivity contribution in [3.05, 3.63) is 120 Å². The van der Waals surface area contributed by atoms with Crippen molar-refractivity contribution in [2.45, 2.75) is 12.5 Å². The molecule has 0 saturated carbocycles. The monoisotopic (exact) mass is 471 g/mol. The minimum absolute atomic E-state index is 0.140. The molecule has 0 fully saturated rings. The highest BCUT2D eigenvalue weighted by atomic mass is 16.5. The van der Waals surface area contributed by atoms with Crippen molar-refractivity contribution in [2.75, 3.05) is 7.11 Å². The molecule has 1 atom stereocenters. The van der Waals surface area contributed by atoms with Gasteiger partial charge in [-0.1, -0.05) is 54.6 Å². The summed E-state index contributed by atoms with van der Waals surface area (Å²) in [5.74, 6) is -2.03. The van der Waals surface area contributed by atoms with Gasteiger partial charge in [-0.25, -0.2) is 4.79 Å². The Bertz CT molecular complexity index is 1200. The molecule has 8 heteroatoms. The van der Waals surface area contributed by atoms with E-state index < -0.39 is 29.7 Å². The SMILES string of the molecule is COC(=O)[C@H](C/C(=C/NC(=O)c1ccccc1)NC(=O)c1ccccc1)NC(=O)c1ccccc1. The van der Waals surface area contributed by atoms with E-state index in [0.29, 0.717) is 16.7 Å². The molecular formula is C27H25N3O5. The second-order valence-corrected chi connectivity index (χ2v) is 7.45. The molecule has 178 valence electrons. The average Bonchev–Trinajstić information content (AvgIpc) is 2.91. The molecule has 0 aliphatic carbocycles. The van der Waals surface area contributed by atoms with Gasteiger partial charge < -0.3 is 20.7 Å². The van der Waals surface area contributed by atoms with Crippen LogP contribution in [0.5, 0.6) is 0 Å². The predicted molar refractivity (Wildman–Crippen MR) is 130 cm³/mol. The van der Waals surface area contributed by atoms with Crippen LogP contribution in [0, 0.1) is 0 Å². The molecule has 0 saturated heterocycles. The number of esters is 1. The van der Waals surface area contributed by atoms with E-state index in [-0.39, 0.29) is 12.1 Å². The van der Waals surface area contributed by atoms with Crippen molar-refractivity contribution in [2.24, 2.45) is 0 Å². The van der Waals surface area contributed by atoms with Crippen molar-refractivity contribution in [3.8, 4) is 0 Å². The lowest BCUT2D eigenvalue weighted by Gasteiger charge is -2.19. The van der Waals surface area contributed by atoms with Gasteiger partial charge in [-0.2, -0.15) is 0 Å². The summed E-state index contributed by atoms with van der Waals surface area (Å²) >= 11 is 0. The lowest BCUT2D eigenvalue weighted by Crippen LogP contribution is -2.43. The van der Waals surface area contributed by atoms with Gasteiger partial charge >= 0.3 is 5.97 Å². The van der Waals surface area contributed by atoms with Crippen molar-refractivity contribution >= 4 is 23.7 Å². The molecule has 0 radical (unpaired) electrons. The Hall–Kier alpha value is -4.72. The molecule has 3 N–H and O–H groups in total. The summed E-state index contributed by atoms with van der Waals surface area (Å²) in [6.07, 6.45) is 1.17.